The Morgan fingerprint density at radius 2 is 2.04 bits per heavy atom. The van der Waals surface area contributed by atoms with Gasteiger partial charge in [0, 0.05) is 5.02 Å². The molecule has 0 saturated heterocycles. The van der Waals surface area contributed by atoms with Crippen LogP contribution in [0.25, 0.3) is 0 Å². The number of hydrogen-bond acceptors (Lipinski definition) is 4. The molecule has 0 fully saturated rings. The lowest BCUT2D eigenvalue weighted by Gasteiger charge is -2.26. The lowest BCUT2D eigenvalue weighted by molar-refractivity contribution is -0.130. The average Bonchev–Trinajstić information content (AvgIpc) is 3.10. The zero-order valence-corrected chi connectivity index (χ0v) is 13.1. The Labute approximate surface area is 137 Å². The third kappa shape index (κ3) is 2.64. The van der Waals surface area contributed by atoms with Gasteiger partial charge >= 0.3 is 0 Å². The number of ketones is 1. The van der Waals surface area contributed by atoms with E-state index in [4.69, 9.17) is 16.0 Å². The van der Waals surface area contributed by atoms with Gasteiger partial charge in [-0.05, 0) is 30.7 Å². The topological polar surface area (TPSA) is 70.8 Å². The highest BCUT2D eigenvalue weighted by Gasteiger charge is 2.43. The van der Waals surface area contributed by atoms with Crippen LogP contribution in [0.15, 0.2) is 58.4 Å². The van der Waals surface area contributed by atoms with Crippen molar-refractivity contribution in [1.29, 1.82) is 0 Å². The molecular weight excluding hydrogens is 318 g/mol. The summed E-state index contributed by atoms with van der Waals surface area (Å²) in [5, 5.41) is 10.6. The summed E-state index contributed by atoms with van der Waals surface area (Å²) in [5.41, 5.74) is 0.637. The number of amides is 1. The van der Waals surface area contributed by atoms with Gasteiger partial charge in [0.2, 0.25) is 0 Å². The highest BCUT2D eigenvalue weighted by atomic mass is 35.5. The van der Waals surface area contributed by atoms with Crippen molar-refractivity contribution in [3.63, 3.8) is 0 Å². The van der Waals surface area contributed by atoms with Crippen molar-refractivity contribution in [2.75, 3.05) is 0 Å². The Morgan fingerprint density at radius 1 is 1.30 bits per heavy atom. The molecule has 0 radical (unpaired) electrons. The van der Waals surface area contributed by atoms with Crippen LogP contribution in [-0.2, 0) is 16.1 Å². The smallest absolute Gasteiger partial charge is 0.290 e. The predicted octanol–water partition coefficient (Wildman–Crippen LogP) is 3.42. The van der Waals surface area contributed by atoms with Crippen molar-refractivity contribution in [2.45, 2.75) is 19.5 Å². The van der Waals surface area contributed by atoms with E-state index in [2.05, 4.69) is 0 Å². The van der Waals surface area contributed by atoms with E-state index in [9.17, 15) is 14.7 Å². The van der Waals surface area contributed by atoms with E-state index in [-0.39, 0.29) is 17.9 Å². The van der Waals surface area contributed by atoms with Crippen molar-refractivity contribution in [3.8, 4) is 0 Å². The number of rotatable bonds is 4. The molecule has 1 aliphatic rings. The molecular formula is C17H14ClNO4. The van der Waals surface area contributed by atoms with E-state index < -0.39 is 17.7 Å². The number of Topliss-reactive ketones (excluding diaryl/α,β-unsaturated/α-hetero) is 1. The summed E-state index contributed by atoms with van der Waals surface area (Å²) >= 11 is 6.24. The van der Waals surface area contributed by atoms with Crippen LogP contribution < -0.4 is 0 Å². The molecule has 5 nitrogen and oxygen atoms in total. The third-order valence-electron chi connectivity index (χ3n) is 3.79. The molecule has 1 amide bonds. The van der Waals surface area contributed by atoms with E-state index in [1.165, 1.54) is 18.1 Å². The van der Waals surface area contributed by atoms with Crippen LogP contribution in [0.3, 0.4) is 0 Å². The molecule has 0 aliphatic carbocycles. The fraction of sp³-hybridized carbons (Fsp3) is 0.176. The Bertz CT molecular complexity index is 795. The molecule has 118 valence electrons. The molecule has 1 aromatic heterocycles. The molecule has 0 spiro atoms. The van der Waals surface area contributed by atoms with Crippen LogP contribution in [0, 0.1) is 0 Å². The molecule has 1 N–H and O–H groups in total. The molecule has 1 aromatic carbocycles. The fourth-order valence-corrected chi connectivity index (χ4v) is 3.01. The number of halogens is 1. The Morgan fingerprint density at radius 3 is 2.65 bits per heavy atom. The molecule has 23 heavy (non-hydrogen) atoms. The minimum atomic E-state index is -0.737. The second kappa shape index (κ2) is 5.93. The molecule has 1 unspecified atom stereocenters. The molecule has 3 rings (SSSR count). The number of furan rings is 1. The molecule has 1 aliphatic heterocycles. The minimum Gasteiger partial charge on any atom is -0.503 e. The van der Waals surface area contributed by atoms with E-state index in [1.807, 2.05) is 0 Å². The van der Waals surface area contributed by atoms with Crippen molar-refractivity contribution < 1.29 is 19.1 Å². The lowest BCUT2D eigenvalue weighted by atomic mass is 9.96. The maximum Gasteiger partial charge on any atom is 0.290 e. The number of hydrogen-bond donors (Lipinski definition) is 1. The van der Waals surface area contributed by atoms with Crippen molar-refractivity contribution >= 4 is 23.3 Å². The molecule has 2 aromatic rings. The van der Waals surface area contributed by atoms with Gasteiger partial charge in [-0.25, -0.2) is 0 Å². The van der Waals surface area contributed by atoms with Crippen LogP contribution >= 0.6 is 11.6 Å². The molecule has 6 heteroatoms. The quantitative estimate of drug-likeness (QED) is 0.932. The summed E-state index contributed by atoms with van der Waals surface area (Å²) in [7, 11) is 0. The van der Waals surface area contributed by atoms with Gasteiger partial charge in [-0.3, -0.25) is 9.59 Å². The first kappa shape index (κ1) is 15.4. The summed E-state index contributed by atoms with van der Waals surface area (Å²) in [5.74, 6) is -0.971. The first-order chi connectivity index (χ1) is 11.0. The molecule has 1 atom stereocenters. The lowest BCUT2D eigenvalue weighted by Crippen LogP contribution is -2.30. The largest absolute Gasteiger partial charge is 0.503 e. The number of aliphatic hydroxyl groups is 1. The SMILES string of the molecule is CC(=O)C1=C(O)C(=O)N(Cc2ccco2)C1c1ccccc1Cl. The Hall–Kier alpha value is -2.53. The summed E-state index contributed by atoms with van der Waals surface area (Å²) in [6, 6.07) is 9.63. The van der Waals surface area contributed by atoms with Gasteiger partial charge < -0.3 is 14.4 Å². The maximum absolute atomic E-state index is 12.4. The van der Waals surface area contributed by atoms with E-state index in [1.54, 1.807) is 36.4 Å². The van der Waals surface area contributed by atoms with Crippen LogP contribution in [0.4, 0.5) is 0 Å². The minimum absolute atomic E-state index is 0.0506. The van der Waals surface area contributed by atoms with Gasteiger partial charge in [0.15, 0.2) is 11.5 Å². The Balaban J connectivity index is 2.10. The maximum atomic E-state index is 12.4. The first-order valence-corrected chi connectivity index (χ1v) is 7.40. The molecule has 0 bridgehead atoms. The van der Waals surface area contributed by atoms with Gasteiger partial charge in [-0.2, -0.15) is 0 Å². The highest BCUT2D eigenvalue weighted by molar-refractivity contribution is 6.31. The first-order valence-electron chi connectivity index (χ1n) is 7.02. The fourth-order valence-electron chi connectivity index (χ4n) is 2.77. The molecule has 0 saturated carbocycles. The number of carbonyl (C=O) groups is 2. The van der Waals surface area contributed by atoms with Crippen molar-refractivity contribution in [3.05, 3.63) is 70.3 Å². The van der Waals surface area contributed by atoms with Gasteiger partial charge in [-0.1, -0.05) is 29.8 Å². The predicted molar refractivity (Wildman–Crippen MR) is 83.8 cm³/mol. The zero-order chi connectivity index (χ0) is 16.6. The van der Waals surface area contributed by atoms with E-state index >= 15 is 0 Å². The van der Waals surface area contributed by atoms with Gasteiger partial charge in [0.1, 0.15) is 5.76 Å². The normalized spacial score (nSPS) is 17.9. The van der Waals surface area contributed by atoms with E-state index in [0.29, 0.717) is 16.3 Å². The second-order valence-corrected chi connectivity index (χ2v) is 5.66. The molecule has 2 heterocycles. The van der Waals surface area contributed by atoms with Crippen LogP contribution in [0.1, 0.15) is 24.3 Å². The van der Waals surface area contributed by atoms with Crippen LogP contribution in [-0.4, -0.2) is 21.7 Å². The van der Waals surface area contributed by atoms with Crippen LogP contribution in [0.2, 0.25) is 5.02 Å². The summed E-state index contributed by atoms with van der Waals surface area (Å²) in [4.78, 5) is 25.8. The number of benzene rings is 1. The van der Waals surface area contributed by atoms with Crippen molar-refractivity contribution in [2.24, 2.45) is 0 Å². The number of aliphatic hydroxyl groups excluding tert-OH is 1. The number of nitrogens with zero attached hydrogens (tertiary/aromatic N) is 1. The average molecular weight is 332 g/mol. The van der Waals surface area contributed by atoms with Crippen LogP contribution in [0.5, 0.6) is 0 Å². The highest BCUT2D eigenvalue weighted by Crippen LogP contribution is 2.41. The summed E-state index contributed by atoms with van der Waals surface area (Å²) in [6.07, 6.45) is 1.50. The monoisotopic (exact) mass is 331 g/mol. The summed E-state index contributed by atoms with van der Waals surface area (Å²) < 4.78 is 5.28. The second-order valence-electron chi connectivity index (χ2n) is 5.25. The van der Waals surface area contributed by atoms with Crippen molar-refractivity contribution in [1.82, 2.24) is 4.90 Å². The summed E-state index contributed by atoms with van der Waals surface area (Å²) in [6.45, 7) is 1.45. The third-order valence-corrected chi connectivity index (χ3v) is 4.13. The number of carbonyl (C=O) groups excluding carboxylic acids is 2. The Kier molecular flexibility index (Phi) is 3.96. The standard InChI is InChI=1S/C17H14ClNO4/c1-10(20)14-15(12-6-2-3-7-13(12)18)19(17(22)16(14)21)9-11-5-4-8-23-11/h2-8,15,21H,9H2,1H3. The van der Waals surface area contributed by atoms with E-state index in [0.717, 1.165) is 0 Å². The van der Waals surface area contributed by atoms with Gasteiger partial charge in [0.05, 0.1) is 24.4 Å². The zero-order valence-electron chi connectivity index (χ0n) is 12.3. The van der Waals surface area contributed by atoms with Gasteiger partial charge in [-0.15, -0.1) is 0 Å². The van der Waals surface area contributed by atoms with Gasteiger partial charge in [0.25, 0.3) is 5.91 Å².